The van der Waals surface area contributed by atoms with Crippen LogP contribution >= 0.6 is 0 Å². The number of aromatic nitrogens is 2. The van der Waals surface area contributed by atoms with Crippen molar-refractivity contribution < 1.29 is 9.53 Å². The number of aliphatic imine (C=N–C) groups is 1. The number of rotatable bonds is 7. The predicted octanol–water partition coefficient (Wildman–Crippen LogP) is 4.40. The van der Waals surface area contributed by atoms with E-state index in [1.165, 1.54) is 12.4 Å². The summed E-state index contributed by atoms with van der Waals surface area (Å²) in [4.78, 5) is 37.3. The van der Waals surface area contributed by atoms with E-state index in [1.807, 2.05) is 6.07 Å². The second-order valence-electron chi connectivity index (χ2n) is 8.90. The topological polar surface area (TPSA) is 136 Å². The molecule has 0 aliphatic carbocycles. The van der Waals surface area contributed by atoms with Crippen molar-refractivity contribution in [3.8, 4) is 0 Å². The Morgan fingerprint density at radius 1 is 1.39 bits per heavy atom. The van der Waals surface area contributed by atoms with E-state index in [-0.39, 0.29) is 5.70 Å². The summed E-state index contributed by atoms with van der Waals surface area (Å²) in [5.41, 5.74) is 1.41. The molecule has 1 aliphatic heterocycles. The lowest BCUT2D eigenvalue weighted by Gasteiger charge is -2.42. The lowest BCUT2D eigenvalue weighted by atomic mass is 9.84. The van der Waals surface area contributed by atoms with Gasteiger partial charge in [-0.1, -0.05) is 6.58 Å². The average molecular weight is 452 g/mol. The van der Waals surface area contributed by atoms with Crippen LogP contribution in [0.15, 0.2) is 47.1 Å². The quantitative estimate of drug-likeness (QED) is 0.423. The highest BCUT2D eigenvalue weighted by atomic mass is 16.6. The minimum Gasteiger partial charge on any atom is -0.444 e. The van der Waals surface area contributed by atoms with Gasteiger partial charge >= 0.3 is 6.09 Å². The first kappa shape index (κ1) is 23.8. The molecule has 174 valence electrons. The molecule has 0 unspecified atom stereocenters. The van der Waals surface area contributed by atoms with Crippen LogP contribution in [0.1, 0.15) is 39.2 Å². The predicted molar refractivity (Wildman–Crippen MR) is 131 cm³/mol. The molecule has 1 fully saturated rings. The molecule has 3 heterocycles. The Morgan fingerprint density at radius 2 is 2.09 bits per heavy atom. The van der Waals surface area contributed by atoms with Gasteiger partial charge in [0.25, 0.3) is 0 Å². The number of aromatic amines is 1. The molecule has 0 saturated carbocycles. The van der Waals surface area contributed by atoms with Gasteiger partial charge in [0, 0.05) is 60.1 Å². The number of allylic oxidation sites excluding steroid dienone is 1. The number of carbonyl (C=O) groups is 1. The van der Waals surface area contributed by atoms with Crippen LogP contribution in [-0.2, 0) is 4.74 Å². The number of fused-ring (bicyclic) bond motifs is 1. The average Bonchev–Trinajstić information content (AvgIpc) is 3.20. The highest BCUT2D eigenvalue weighted by Gasteiger charge is 2.41. The molecule has 3 N–H and O–H groups in total. The number of nitrogens with one attached hydrogen (secondary N) is 3. The van der Waals surface area contributed by atoms with Crippen LogP contribution < -0.4 is 10.2 Å². The summed E-state index contributed by atoms with van der Waals surface area (Å²) >= 11 is 0. The van der Waals surface area contributed by atoms with E-state index >= 15 is 0 Å². The van der Waals surface area contributed by atoms with Crippen LogP contribution in [-0.4, -0.2) is 53.2 Å². The van der Waals surface area contributed by atoms with E-state index < -0.39 is 17.2 Å². The zero-order valence-corrected chi connectivity index (χ0v) is 19.1. The maximum Gasteiger partial charge on any atom is 0.408 e. The molecule has 2 aromatic heterocycles. The molecular weight excluding hydrogens is 422 g/mol. The number of hydrogen-bond donors (Lipinski definition) is 3. The highest BCUT2D eigenvalue weighted by Crippen LogP contribution is 2.37. The summed E-state index contributed by atoms with van der Waals surface area (Å²) in [6.07, 6.45) is 6.48. The molecule has 0 bridgehead atoms. The SMILES string of the molecule is C=N/C=C(\C=N)c1c[nH]c2nccc(N3CCC(NC(=O)OC(C)(C)C)(C(=C)N=O)CC3)c12. The normalized spacial score (nSPS) is 16.2. The molecule has 0 aromatic carbocycles. The fourth-order valence-electron chi connectivity index (χ4n) is 4.01. The number of hydrogen-bond acceptors (Lipinski definition) is 8. The van der Waals surface area contributed by atoms with Gasteiger partial charge in [0.2, 0.25) is 0 Å². The Kier molecular flexibility index (Phi) is 6.75. The van der Waals surface area contributed by atoms with Gasteiger partial charge in [-0.2, -0.15) is 0 Å². The van der Waals surface area contributed by atoms with E-state index in [2.05, 4.69) is 43.7 Å². The Labute approximate surface area is 192 Å². The van der Waals surface area contributed by atoms with Gasteiger partial charge in [0.1, 0.15) is 16.9 Å². The van der Waals surface area contributed by atoms with Crippen molar-refractivity contribution in [1.82, 2.24) is 15.3 Å². The van der Waals surface area contributed by atoms with Gasteiger partial charge in [0.05, 0.1) is 5.54 Å². The number of carbonyl (C=O) groups excluding carboxylic acids is 1. The maximum absolute atomic E-state index is 12.5. The second-order valence-corrected chi connectivity index (χ2v) is 8.90. The minimum atomic E-state index is -0.986. The smallest absolute Gasteiger partial charge is 0.408 e. The van der Waals surface area contributed by atoms with E-state index in [4.69, 9.17) is 10.1 Å². The third-order valence-electron chi connectivity index (χ3n) is 5.61. The highest BCUT2D eigenvalue weighted by molar-refractivity contribution is 6.15. The maximum atomic E-state index is 12.5. The number of amides is 1. The lowest BCUT2D eigenvalue weighted by molar-refractivity contribution is 0.0457. The van der Waals surface area contributed by atoms with E-state index in [9.17, 15) is 9.70 Å². The molecule has 2 aromatic rings. The molecule has 3 rings (SSSR count). The van der Waals surface area contributed by atoms with Crippen molar-refractivity contribution in [2.45, 2.75) is 44.8 Å². The van der Waals surface area contributed by atoms with Crippen LogP contribution in [0.5, 0.6) is 0 Å². The van der Waals surface area contributed by atoms with Gasteiger partial charge in [-0.05, 0) is 51.6 Å². The number of ether oxygens (including phenoxy) is 1. The molecule has 0 atom stereocenters. The zero-order valence-electron chi connectivity index (χ0n) is 19.1. The zero-order chi connectivity index (χ0) is 24.2. The van der Waals surface area contributed by atoms with Gasteiger partial charge in [-0.25, -0.2) is 9.78 Å². The second kappa shape index (κ2) is 9.35. The Hall–Kier alpha value is -3.82. The number of nitrogens with zero attached hydrogens (tertiary/aromatic N) is 4. The third-order valence-corrected chi connectivity index (χ3v) is 5.61. The van der Waals surface area contributed by atoms with Crippen LogP contribution in [0.25, 0.3) is 16.6 Å². The van der Waals surface area contributed by atoms with Gasteiger partial charge in [-0.3, -0.25) is 4.99 Å². The standard InChI is InChI=1S/C23H29N7O3/c1-15(29-32)23(28-21(31)33-22(2,3)4)7-10-30(11-8-23)18-6-9-26-20-19(18)17(14-27-20)16(12-24)13-25-5/h6,9,12-14,24H,1,5,7-8,10-11H2,2-4H3,(H,26,27)(H,28,31)/b16-13+,24-12?. The summed E-state index contributed by atoms with van der Waals surface area (Å²) in [5, 5.41) is 14.5. The molecule has 1 aliphatic rings. The first-order valence-electron chi connectivity index (χ1n) is 10.6. The third kappa shape index (κ3) is 5.00. The number of piperidine rings is 1. The first-order chi connectivity index (χ1) is 15.6. The molecule has 10 heteroatoms. The van der Waals surface area contributed by atoms with Crippen molar-refractivity contribution in [3.05, 3.63) is 47.4 Å². The van der Waals surface area contributed by atoms with Crippen LogP contribution in [0.2, 0.25) is 0 Å². The van der Waals surface area contributed by atoms with E-state index in [0.717, 1.165) is 16.6 Å². The number of pyridine rings is 1. The molecule has 33 heavy (non-hydrogen) atoms. The monoisotopic (exact) mass is 451 g/mol. The minimum absolute atomic E-state index is 0.0706. The first-order valence-corrected chi connectivity index (χ1v) is 10.6. The van der Waals surface area contributed by atoms with Crippen LogP contribution in [0, 0.1) is 10.3 Å². The summed E-state index contributed by atoms with van der Waals surface area (Å²) in [6, 6.07) is 1.91. The van der Waals surface area contributed by atoms with Crippen molar-refractivity contribution in [1.29, 1.82) is 5.41 Å². The summed E-state index contributed by atoms with van der Waals surface area (Å²) < 4.78 is 5.39. The molecular formula is C23H29N7O3. The number of anilines is 1. The van der Waals surface area contributed by atoms with Crippen molar-refractivity contribution in [3.63, 3.8) is 0 Å². The lowest BCUT2D eigenvalue weighted by Crippen LogP contribution is -2.57. The summed E-state index contributed by atoms with van der Waals surface area (Å²) in [5.74, 6) is 0. The van der Waals surface area contributed by atoms with Crippen molar-refractivity contribution in [2.24, 2.45) is 10.2 Å². The Bertz CT molecular complexity index is 1120. The molecule has 0 spiro atoms. The summed E-state index contributed by atoms with van der Waals surface area (Å²) in [6.45, 7) is 13.7. The van der Waals surface area contributed by atoms with Gasteiger partial charge in [0.15, 0.2) is 0 Å². The van der Waals surface area contributed by atoms with Crippen molar-refractivity contribution in [2.75, 3.05) is 18.0 Å². The number of alkyl carbamates (subject to hydrolysis) is 1. The van der Waals surface area contributed by atoms with E-state index in [0.29, 0.717) is 37.2 Å². The molecule has 1 amide bonds. The molecule has 0 radical (unpaired) electrons. The van der Waals surface area contributed by atoms with Crippen LogP contribution in [0.3, 0.4) is 0 Å². The van der Waals surface area contributed by atoms with E-state index in [1.54, 1.807) is 33.2 Å². The number of nitroso groups, excluding NO2 is 1. The van der Waals surface area contributed by atoms with Gasteiger partial charge in [-0.15, -0.1) is 4.91 Å². The van der Waals surface area contributed by atoms with Crippen LogP contribution in [0.4, 0.5) is 10.5 Å². The van der Waals surface area contributed by atoms with Gasteiger partial charge < -0.3 is 25.3 Å². The Morgan fingerprint density at radius 3 is 2.67 bits per heavy atom. The summed E-state index contributed by atoms with van der Waals surface area (Å²) in [7, 11) is 0. The van der Waals surface area contributed by atoms with Crippen molar-refractivity contribution >= 4 is 41.3 Å². The fraction of sp³-hybridized carbons (Fsp3) is 0.391. The largest absolute Gasteiger partial charge is 0.444 e. The molecule has 1 saturated heterocycles. The Balaban J connectivity index is 1.91. The fourth-order valence-corrected chi connectivity index (χ4v) is 4.01. The molecule has 10 nitrogen and oxygen atoms in total. The number of H-pyrrole nitrogens is 1.